The Balaban J connectivity index is 0.000000329. The molecule has 4 aromatic heterocycles. The number of nitriles is 1. The number of fused-ring (bicyclic) bond motifs is 4. The second-order valence-corrected chi connectivity index (χ2v) is 31.0. The van der Waals surface area contributed by atoms with Crippen molar-refractivity contribution >= 4 is 50.6 Å². The molecule has 0 aliphatic rings. The number of nitrogens with zero attached hydrogens (tertiary/aromatic N) is 5. The van der Waals surface area contributed by atoms with Crippen LogP contribution >= 0.6 is 0 Å². The predicted molar refractivity (Wildman–Crippen MR) is 284 cm³/mol. The molecular weight excluding hydrogens is 1100 g/mol. The van der Waals surface area contributed by atoms with Crippen molar-refractivity contribution in [3.8, 4) is 56.8 Å². The molecule has 0 amide bonds. The minimum Gasteiger partial charge on any atom is 0 e. The normalized spacial score (nSPS) is 11.8. The molecule has 6 nitrogen and oxygen atoms in total. The SMILES string of the molecule is CC(C)(C)c1ccc(-c2[c-]cccc2)nc1.CC(C)c1cc(-c2cc[c]([Ge]([CH3])([CH3])[CH3])cc2)cc(C(C)C)c1-n1c(-c2[c-]ccc3c2oc2c(F)c(-c4cccc(C#N)n4)ccc23)nc2ccccc21.[Ir]. The molecule has 0 atom stereocenters. The first kappa shape index (κ1) is 49.9. The molecule has 0 N–H and O–H groups in total. The Morgan fingerprint density at radius 1 is 0.700 bits per heavy atom. The van der Waals surface area contributed by atoms with Crippen LogP contribution in [0, 0.1) is 29.3 Å². The van der Waals surface area contributed by atoms with Gasteiger partial charge in [-0.15, -0.1) is 48.0 Å². The first-order valence-electron chi connectivity index (χ1n) is 23.7. The van der Waals surface area contributed by atoms with Crippen molar-refractivity contribution in [3.05, 3.63) is 186 Å². The Morgan fingerprint density at radius 2 is 1.40 bits per heavy atom. The van der Waals surface area contributed by atoms with Crippen molar-refractivity contribution in [1.82, 2.24) is 19.5 Å². The van der Waals surface area contributed by atoms with Crippen molar-refractivity contribution < 1.29 is 28.9 Å². The van der Waals surface area contributed by atoms with Crippen molar-refractivity contribution in [2.24, 2.45) is 0 Å². The first-order valence-corrected chi connectivity index (χ1v) is 31.0. The smallest absolute Gasteiger partial charge is 0 e. The molecular formula is C61H56FGeIrN5O-2. The monoisotopic (exact) mass is 1160 g/mol. The van der Waals surface area contributed by atoms with Gasteiger partial charge >= 0.3 is 201 Å². The molecule has 0 unspecified atom stereocenters. The van der Waals surface area contributed by atoms with E-state index >= 15 is 4.39 Å². The molecule has 0 spiro atoms. The van der Waals surface area contributed by atoms with Gasteiger partial charge in [-0.25, -0.2) is 9.37 Å². The minimum absolute atomic E-state index is 0. The second-order valence-electron chi connectivity index (χ2n) is 20.4. The molecule has 10 aromatic rings. The average molecular weight is 1160 g/mol. The summed E-state index contributed by atoms with van der Waals surface area (Å²) in [5.74, 6) is 7.83. The van der Waals surface area contributed by atoms with Crippen LogP contribution in [0.1, 0.15) is 82.7 Å². The van der Waals surface area contributed by atoms with Crippen molar-refractivity contribution in [2.45, 2.75) is 83.0 Å². The molecule has 9 heteroatoms. The van der Waals surface area contributed by atoms with Gasteiger partial charge in [-0.05, 0) is 34.9 Å². The Hall–Kier alpha value is -6.50. The van der Waals surface area contributed by atoms with E-state index in [0.29, 0.717) is 28.1 Å². The van der Waals surface area contributed by atoms with Gasteiger partial charge in [-0.2, -0.15) is 5.26 Å². The van der Waals surface area contributed by atoms with Gasteiger partial charge in [0.2, 0.25) is 0 Å². The van der Waals surface area contributed by atoms with Gasteiger partial charge in [0.05, 0.1) is 5.69 Å². The Morgan fingerprint density at radius 3 is 2.03 bits per heavy atom. The number of imidazole rings is 1. The molecule has 0 saturated heterocycles. The third kappa shape index (κ3) is 9.81. The number of aromatic nitrogens is 4. The van der Waals surface area contributed by atoms with Crippen LogP contribution in [0.4, 0.5) is 4.39 Å². The number of hydrogen-bond acceptors (Lipinski definition) is 5. The summed E-state index contributed by atoms with van der Waals surface area (Å²) in [6.07, 6.45) is 1.95. The Bertz CT molecular complexity index is 3510. The second kappa shape index (κ2) is 20.1. The van der Waals surface area contributed by atoms with E-state index in [-0.39, 0.29) is 54.2 Å². The van der Waals surface area contributed by atoms with E-state index in [0.717, 1.165) is 33.4 Å². The van der Waals surface area contributed by atoms with E-state index in [9.17, 15) is 5.26 Å². The molecule has 70 heavy (non-hydrogen) atoms. The molecule has 0 aliphatic heterocycles. The van der Waals surface area contributed by atoms with Gasteiger partial charge < -0.3 is 9.40 Å². The van der Waals surface area contributed by atoms with Crippen molar-refractivity contribution in [1.29, 1.82) is 5.26 Å². The molecule has 0 saturated carbocycles. The van der Waals surface area contributed by atoms with Gasteiger partial charge in [0, 0.05) is 37.3 Å². The summed E-state index contributed by atoms with van der Waals surface area (Å²) in [6.45, 7) is 15.6. The van der Waals surface area contributed by atoms with Crippen LogP contribution in [-0.2, 0) is 25.5 Å². The van der Waals surface area contributed by atoms with E-state index in [1.54, 1.807) is 24.3 Å². The maximum absolute atomic E-state index is 16.4. The fourth-order valence-corrected chi connectivity index (χ4v) is 11.3. The maximum atomic E-state index is 16.4. The van der Waals surface area contributed by atoms with Gasteiger partial charge in [0.15, 0.2) is 11.4 Å². The summed E-state index contributed by atoms with van der Waals surface area (Å²) in [5, 5.41) is 10.8. The summed E-state index contributed by atoms with van der Waals surface area (Å²) < 4.78 is 26.6. The summed E-state index contributed by atoms with van der Waals surface area (Å²) in [6, 6.07) is 55.2. The molecule has 0 aliphatic carbocycles. The molecule has 4 heterocycles. The van der Waals surface area contributed by atoms with E-state index in [4.69, 9.17) is 9.40 Å². The predicted octanol–water partition coefficient (Wildman–Crippen LogP) is 15.8. The van der Waals surface area contributed by atoms with E-state index in [1.807, 2.05) is 72.9 Å². The number of pyridine rings is 2. The van der Waals surface area contributed by atoms with Crippen molar-refractivity contribution in [2.75, 3.05) is 0 Å². The van der Waals surface area contributed by atoms with Crippen molar-refractivity contribution in [3.63, 3.8) is 0 Å². The third-order valence-electron chi connectivity index (χ3n) is 12.8. The van der Waals surface area contributed by atoms with Crippen LogP contribution in [0.15, 0.2) is 150 Å². The first-order chi connectivity index (χ1) is 33.0. The van der Waals surface area contributed by atoms with Crippen LogP contribution in [0.5, 0.6) is 0 Å². The topological polar surface area (TPSA) is 80.5 Å². The summed E-state index contributed by atoms with van der Waals surface area (Å²) in [5.41, 5.74) is 13.3. The van der Waals surface area contributed by atoms with Gasteiger partial charge in [0.25, 0.3) is 0 Å². The number of hydrogen-bond donors (Lipinski definition) is 0. The standard InChI is InChI=1S/C46H40FGeN4O.C15H16N.Ir/c1-27(2)37-24-30(29-18-20-31(21-19-29)48(5,6)7)25-38(28(3)4)43(37)52-41-17-9-8-15-40(41)51-46(52)36-14-11-13-33-34-22-23-35(42(47)45(34)53-44(33)36)39-16-10-12-32(26-49)50-39;1-15(2,3)13-9-10-14(16-11-13)12-7-5-4-6-8-12;/h8-13,15-25,27-28H,1-7H3;4-7,9-11H,1-3H3;/q2*-1;. The number of benzene rings is 6. The van der Waals surface area contributed by atoms with Crippen LogP contribution in [0.25, 0.3) is 83.7 Å². The zero-order chi connectivity index (χ0) is 48.8. The number of furan rings is 1. The fraction of sp³-hybridized carbons (Fsp3) is 0.213. The molecule has 353 valence electrons. The van der Waals surface area contributed by atoms with E-state index in [1.165, 1.54) is 32.2 Å². The summed E-state index contributed by atoms with van der Waals surface area (Å²) in [4.78, 5) is 14.1. The molecule has 10 rings (SSSR count). The van der Waals surface area contributed by atoms with Gasteiger partial charge in [-0.1, -0.05) is 56.5 Å². The third-order valence-corrected chi connectivity index (χ3v) is 17.1. The largest absolute Gasteiger partial charge is 0 e. The quantitative estimate of drug-likeness (QED) is 0.112. The summed E-state index contributed by atoms with van der Waals surface area (Å²) in [7, 11) is 0. The van der Waals surface area contributed by atoms with Gasteiger partial charge in [-0.3, -0.25) is 0 Å². The van der Waals surface area contributed by atoms with E-state index < -0.39 is 19.1 Å². The number of rotatable bonds is 8. The molecule has 1 radical (unpaired) electrons. The van der Waals surface area contributed by atoms with Crippen LogP contribution < -0.4 is 4.40 Å². The molecule has 0 bridgehead atoms. The average Bonchev–Trinajstić information content (AvgIpc) is 3.93. The summed E-state index contributed by atoms with van der Waals surface area (Å²) >= 11 is -1.96. The van der Waals surface area contributed by atoms with Crippen LogP contribution in [-0.4, -0.2) is 32.8 Å². The van der Waals surface area contributed by atoms with Gasteiger partial charge in [0.1, 0.15) is 11.8 Å². The zero-order valence-electron chi connectivity index (χ0n) is 41.4. The number of halogens is 1. The fourth-order valence-electron chi connectivity index (χ4n) is 8.90. The zero-order valence-corrected chi connectivity index (χ0v) is 45.9. The maximum Gasteiger partial charge on any atom is 0 e. The van der Waals surface area contributed by atoms with Crippen LogP contribution in [0.2, 0.25) is 17.3 Å². The van der Waals surface area contributed by atoms with E-state index in [2.05, 4.69) is 147 Å². The van der Waals surface area contributed by atoms with Crippen LogP contribution in [0.3, 0.4) is 0 Å². The molecule has 0 fully saturated rings. The minimum atomic E-state index is -1.96. The Kier molecular flexibility index (Phi) is 14.3. The molecule has 6 aromatic carbocycles. The Labute approximate surface area is 427 Å². The number of para-hydroxylation sites is 2.